The third kappa shape index (κ3) is 2.59. The Labute approximate surface area is 115 Å². The lowest BCUT2D eigenvalue weighted by molar-refractivity contribution is 0.535. The Bertz CT molecular complexity index is 564. The van der Waals surface area contributed by atoms with Crippen molar-refractivity contribution in [2.24, 2.45) is 10.9 Å². The van der Waals surface area contributed by atoms with Gasteiger partial charge in [0.15, 0.2) is 5.17 Å². The van der Waals surface area contributed by atoms with E-state index in [2.05, 4.69) is 5.32 Å². The van der Waals surface area contributed by atoms with Crippen LogP contribution in [-0.4, -0.2) is 17.0 Å². The number of amidine groups is 1. The second kappa shape index (κ2) is 5.22. The number of anilines is 1. The van der Waals surface area contributed by atoms with Crippen molar-refractivity contribution in [2.45, 2.75) is 25.3 Å². The first kappa shape index (κ1) is 12.5. The molecule has 0 spiro atoms. The number of nitrogens with zero attached hydrogens (tertiary/aromatic N) is 2. The summed E-state index contributed by atoms with van der Waals surface area (Å²) in [4.78, 5) is 4.71. The minimum atomic E-state index is -0.484. The van der Waals surface area contributed by atoms with Gasteiger partial charge in [0.2, 0.25) is 0 Å². The number of rotatable bonds is 1. The number of hydrogen-bond donors (Lipinski definition) is 1. The van der Waals surface area contributed by atoms with Gasteiger partial charge in [-0.25, -0.2) is 4.39 Å². The molecule has 0 aromatic heterocycles. The molecule has 2 aliphatic rings. The number of benzene rings is 1. The maximum atomic E-state index is 13.2. The van der Waals surface area contributed by atoms with E-state index in [1.54, 1.807) is 17.8 Å². The smallest absolute Gasteiger partial charge is 0.161 e. The molecule has 2 unspecified atom stereocenters. The van der Waals surface area contributed by atoms with E-state index in [0.717, 1.165) is 22.5 Å². The van der Waals surface area contributed by atoms with Crippen LogP contribution >= 0.6 is 11.8 Å². The van der Waals surface area contributed by atoms with Gasteiger partial charge in [0.25, 0.3) is 0 Å². The molecular formula is C14H14FN3S. The van der Waals surface area contributed by atoms with Crippen molar-refractivity contribution < 1.29 is 4.39 Å². The van der Waals surface area contributed by atoms with Crippen LogP contribution in [0.5, 0.6) is 0 Å². The SMILES string of the molecule is N#Cc1cc(NC2=NC3CCCC3CS2)ccc1F. The van der Waals surface area contributed by atoms with E-state index in [0.29, 0.717) is 6.04 Å². The molecule has 0 saturated heterocycles. The molecule has 1 aromatic carbocycles. The van der Waals surface area contributed by atoms with E-state index in [1.807, 2.05) is 6.07 Å². The van der Waals surface area contributed by atoms with Crippen LogP contribution in [-0.2, 0) is 0 Å². The van der Waals surface area contributed by atoms with E-state index < -0.39 is 5.82 Å². The maximum absolute atomic E-state index is 13.2. The minimum Gasteiger partial charge on any atom is -0.335 e. The molecule has 1 saturated carbocycles. The third-order valence-electron chi connectivity index (χ3n) is 3.67. The molecule has 0 amide bonds. The number of hydrogen-bond acceptors (Lipinski definition) is 4. The van der Waals surface area contributed by atoms with Gasteiger partial charge >= 0.3 is 0 Å². The van der Waals surface area contributed by atoms with Crippen molar-refractivity contribution in [2.75, 3.05) is 11.1 Å². The first-order chi connectivity index (χ1) is 9.26. The number of aliphatic imine (C=N–C) groups is 1. The second-order valence-electron chi connectivity index (χ2n) is 4.94. The Morgan fingerprint density at radius 2 is 2.32 bits per heavy atom. The highest BCUT2D eigenvalue weighted by Gasteiger charge is 2.30. The zero-order valence-electron chi connectivity index (χ0n) is 10.4. The first-order valence-corrected chi connectivity index (χ1v) is 7.42. The Kier molecular flexibility index (Phi) is 3.43. The molecular weight excluding hydrogens is 261 g/mol. The van der Waals surface area contributed by atoms with Crippen molar-refractivity contribution in [3.63, 3.8) is 0 Å². The molecule has 0 bridgehead atoms. The number of nitriles is 1. The predicted octanol–water partition coefficient (Wildman–Crippen LogP) is 3.38. The highest BCUT2D eigenvalue weighted by molar-refractivity contribution is 8.14. The Hall–Kier alpha value is -1.54. The van der Waals surface area contributed by atoms with Crippen LogP contribution in [0.2, 0.25) is 0 Å². The molecule has 98 valence electrons. The van der Waals surface area contributed by atoms with Gasteiger partial charge in [0, 0.05) is 11.4 Å². The maximum Gasteiger partial charge on any atom is 0.161 e. The van der Waals surface area contributed by atoms with Gasteiger partial charge in [-0.05, 0) is 37.0 Å². The summed E-state index contributed by atoms with van der Waals surface area (Å²) in [5.74, 6) is 1.34. The standard InChI is InChI=1S/C14H14FN3S/c15-12-5-4-11(6-10(12)7-16)17-14-18-13-3-1-2-9(13)8-19-14/h4-6,9,13H,1-3,8H2,(H,17,18). The predicted molar refractivity (Wildman–Crippen MR) is 75.8 cm³/mol. The van der Waals surface area contributed by atoms with Crippen LogP contribution < -0.4 is 5.32 Å². The molecule has 19 heavy (non-hydrogen) atoms. The summed E-state index contributed by atoms with van der Waals surface area (Å²) < 4.78 is 13.2. The molecule has 1 fully saturated rings. The summed E-state index contributed by atoms with van der Waals surface area (Å²) in [7, 11) is 0. The van der Waals surface area contributed by atoms with Crippen molar-refractivity contribution in [3.8, 4) is 6.07 Å². The molecule has 0 radical (unpaired) electrons. The van der Waals surface area contributed by atoms with Gasteiger partial charge in [-0.1, -0.05) is 18.2 Å². The summed E-state index contributed by atoms with van der Waals surface area (Å²) in [5.41, 5.74) is 0.783. The highest BCUT2D eigenvalue weighted by Crippen LogP contribution is 2.35. The lowest BCUT2D eigenvalue weighted by Crippen LogP contribution is -2.25. The van der Waals surface area contributed by atoms with Crippen molar-refractivity contribution >= 4 is 22.6 Å². The van der Waals surface area contributed by atoms with Gasteiger partial charge in [-0.15, -0.1) is 0 Å². The van der Waals surface area contributed by atoms with E-state index in [-0.39, 0.29) is 5.56 Å². The van der Waals surface area contributed by atoms with Gasteiger partial charge in [0.1, 0.15) is 11.9 Å². The summed E-state index contributed by atoms with van der Waals surface area (Å²) in [6, 6.07) is 6.77. The van der Waals surface area contributed by atoms with E-state index >= 15 is 0 Å². The topological polar surface area (TPSA) is 48.2 Å². The van der Waals surface area contributed by atoms with E-state index in [1.165, 1.54) is 31.4 Å². The molecule has 1 heterocycles. The van der Waals surface area contributed by atoms with Gasteiger partial charge < -0.3 is 5.32 Å². The van der Waals surface area contributed by atoms with Crippen molar-refractivity contribution in [3.05, 3.63) is 29.6 Å². The molecule has 3 rings (SSSR count). The molecule has 1 N–H and O–H groups in total. The Balaban J connectivity index is 1.77. The molecule has 1 aliphatic carbocycles. The fourth-order valence-corrected chi connectivity index (χ4v) is 3.80. The van der Waals surface area contributed by atoms with Gasteiger partial charge in [0.05, 0.1) is 11.6 Å². The van der Waals surface area contributed by atoms with Crippen LogP contribution in [0, 0.1) is 23.1 Å². The summed E-state index contributed by atoms with van der Waals surface area (Å²) >= 11 is 1.71. The Morgan fingerprint density at radius 1 is 1.42 bits per heavy atom. The summed E-state index contributed by atoms with van der Waals surface area (Å²) in [6.45, 7) is 0. The number of thioether (sulfide) groups is 1. The first-order valence-electron chi connectivity index (χ1n) is 6.43. The monoisotopic (exact) mass is 275 g/mol. The fraction of sp³-hybridized carbons (Fsp3) is 0.429. The Morgan fingerprint density at radius 3 is 3.16 bits per heavy atom. The molecule has 5 heteroatoms. The largest absolute Gasteiger partial charge is 0.335 e. The number of nitrogens with one attached hydrogen (secondary N) is 1. The third-order valence-corrected chi connectivity index (χ3v) is 4.75. The summed E-state index contributed by atoms with van der Waals surface area (Å²) in [5, 5.41) is 12.9. The van der Waals surface area contributed by atoms with E-state index in [4.69, 9.17) is 10.3 Å². The van der Waals surface area contributed by atoms with Gasteiger partial charge in [-0.3, -0.25) is 4.99 Å². The van der Waals surface area contributed by atoms with Crippen LogP contribution in [0.3, 0.4) is 0 Å². The minimum absolute atomic E-state index is 0.0603. The zero-order valence-corrected chi connectivity index (χ0v) is 11.2. The number of halogens is 1. The molecule has 3 nitrogen and oxygen atoms in total. The molecule has 2 atom stereocenters. The average molecular weight is 275 g/mol. The van der Waals surface area contributed by atoms with Crippen LogP contribution in [0.25, 0.3) is 0 Å². The molecule has 1 aliphatic heterocycles. The quantitative estimate of drug-likeness (QED) is 0.854. The lowest BCUT2D eigenvalue weighted by atomic mass is 10.1. The second-order valence-corrected chi connectivity index (χ2v) is 5.94. The fourth-order valence-electron chi connectivity index (χ4n) is 2.64. The summed E-state index contributed by atoms with van der Waals surface area (Å²) in [6.07, 6.45) is 3.72. The van der Waals surface area contributed by atoms with Crippen molar-refractivity contribution in [1.29, 1.82) is 5.26 Å². The van der Waals surface area contributed by atoms with Crippen LogP contribution in [0.1, 0.15) is 24.8 Å². The van der Waals surface area contributed by atoms with Crippen LogP contribution in [0.15, 0.2) is 23.2 Å². The van der Waals surface area contributed by atoms with Crippen LogP contribution in [0.4, 0.5) is 10.1 Å². The highest BCUT2D eigenvalue weighted by atomic mass is 32.2. The lowest BCUT2D eigenvalue weighted by Gasteiger charge is -2.23. The van der Waals surface area contributed by atoms with Crippen molar-refractivity contribution in [1.82, 2.24) is 0 Å². The number of fused-ring (bicyclic) bond motifs is 1. The normalized spacial score (nSPS) is 25.4. The zero-order chi connectivity index (χ0) is 13.2. The molecule has 1 aromatic rings. The average Bonchev–Trinajstić information content (AvgIpc) is 2.88. The van der Waals surface area contributed by atoms with E-state index in [9.17, 15) is 4.39 Å². The van der Waals surface area contributed by atoms with Gasteiger partial charge in [-0.2, -0.15) is 5.26 Å².